The van der Waals surface area contributed by atoms with E-state index in [1.54, 1.807) is 13.0 Å². The number of aromatic nitrogens is 2. The number of piperazine rings is 1. The van der Waals surface area contributed by atoms with Crippen LogP contribution in [0.4, 0.5) is 15.9 Å². The normalized spacial score (nSPS) is 15.0. The highest BCUT2D eigenvalue weighted by Gasteiger charge is 2.24. The summed E-state index contributed by atoms with van der Waals surface area (Å²) in [6.07, 6.45) is 0. The summed E-state index contributed by atoms with van der Waals surface area (Å²) in [4.78, 5) is 26.8. The largest absolute Gasteiger partial charge is 0.352 e. The molecule has 1 aliphatic rings. The fraction of sp³-hybridized carbons (Fsp3) is 0.286. The van der Waals surface area contributed by atoms with Crippen LogP contribution in [0, 0.1) is 12.7 Å². The number of para-hydroxylation sites is 2. The van der Waals surface area contributed by atoms with Crippen LogP contribution in [0.1, 0.15) is 16.1 Å². The van der Waals surface area contributed by atoms with Gasteiger partial charge in [0.15, 0.2) is 11.5 Å². The first-order valence-corrected chi connectivity index (χ1v) is 9.29. The quantitative estimate of drug-likeness (QED) is 0.758. The standard InChI is InChI=1S/C21H22FN5O/c1-14-13-15(22)7-8-16(14)25-21(28)19-20(27-11-9-26(2)10-12-27)24-18-6-4-3-5-17(18)23-19/h3-8,13H,9-12H2,1-2H3,(H,25,28). The number of benzene rings is 2. The van der Waals surface area contributed by atoms with Gasteiger partial charge in [-0.25, -0.2) is 14.4 Å². The van der Waals surface area contributed by atoms with Crippen LogP contribution in [0.2, 0.25) is 0 Å². The van der Waals surface area contributed by atoms with Crippen molar-refractivity contribution >= 4 is 28.4 Å². The van der Waals surface area contributed by atoms with Crippen LogP contribution in [-0.4, -0.2) is 54.0 Å². The maximum absolute atomic E-state index is 13.4. The Labute approximate surface area is 163 Å². The molecule has 1 fully saturated rings. The van der Waals surface area contributed by atoms with E-state index in [1.165, 1.54) is 12.1 Å². The second kappa shape index (κ2) is 7.52. The number of amides is 1. The smallest absolute Gasteiger partial charge is 0.278 e. The molecule has 28 heavy (non-hydrogen) atoms. The molecule has 3 aromatic rings. The zero-order chi connectivity index (χ0) is 19.7. The van der Waals surface area contributed by atoms with E-state index in [2.05, 4.69) is 27.1 Å². The van der Waals surface area contributed by atoms with Gasteiger partial charge in [-0.3, -0.25) is 4.79 Å². The zero-order valence-electron chi connectivity index (χ0n) is 15.9. The van der Waals surface area contributed by atoms with Crippen LogP contribution in [-0.2, 0) is 0 Å². The minimum absolute atomic E-state index is 0.284. The van der Waals surface area contributed by atoms with Crippen molar-refractivity contribution in [3.8, 4) is 0 Å². The Bertz CT molecular complexity index is 1030. The van der Waals surface area contributed by atoms with Gasteiger partial charge in [0, 0.05) is 31.9 Å². The van der Waals surface area contributed by atoms with Gasteiger partial charge >= 0.3 is 0 Å². The van der Waals surface area contributed by atoms with E-state index in [4.69, 9.17) is 4.98 Å². The van der Waals surface area contributed by atoms with E-state index >= 15 is 0 Å². The van der Waals surface area contributed by atoms with Gasteiger partial charge in [0.1, 0.15) is 5.82 Å². The Morgan fingerprint density at radius 2 is 1.71 bits per heavy atom. The van der Waals surface area contributed by atoms with Gasteiger partial charge in [0.25, 0.3) is 5.91 Å². The Balaban J connectivity index is 1.73. The van der Waals surface area contributed by atoms with Gasteiger partial charge in [-0.15, -0.1) is 0 Å². The summed E-state index contributed by atoms with van der Waals surface area (Å²) < 4.78 is 13.4. The predicted molar refractivity (Wildman–Crippen MR) is 108 cm³/mol. The highest BCUT2D eigenvalue weighted by Crippen LogP contribution is 2.24. The van der Waals surface area contributed by atoms with E-state index in [1.807, 2.05) is 24.3 Å². The number of rotatable bonds is 3. The van der Waals surface area contributed by atoms with Crippen molar-refractivity contribution < 1.29 is 9.18 Å². The fourth-order valence-electron chi connectivity index (χ4n) is 3.33. The van der Waals surface area contributed by atoms with E-state index < -0.39 is 0 Å². The lowest BCUT2D eigenvalue weighted by Gasteiger charge is -2.33. The highest BCUT2D eigenvalue weighted by atomic mass is 19.1. The van der Waals surface area contributed by atoms with Gasteiger partial charge < -0.3 is 15.1 Å². The minimum Gasteiger partial charge on any atom is -0.352 e. The van der Waals surface area contributed by atoms with E-state index in [9.17, 15) is 9.18 Å². The molecular weight excluding hydrogens is 357 g/mol. The third-order valence-corrected chi connectivity index (χ3v) is 5.01. The van der Waals surface area contributed by atoms with Crippen molar-refractivity contribution in [3.05, 3.63) is 59.5 Å². The van der Waals surface area contributed by atoms with Crippen molar-refractivity contribution in [1.29, 1.82) is 0 Å². The third kappa shape index (κ3) is 3.66. The molecule has 1 aromatic heterocycles. The molecule has 0 aliphatic carbocycles. The molecular formula is C21H22FN5O. The lowest BCUT2D eigenvalue weighted by molar-refractivity contribution is 0.102. The monoisotopic (exact) mass is 379 g/mol. The summed E-state index contributed by atoms with van der Waals surface area (Å²) >= 11 is 0. The number of likely N-dealkylation sites (N-methyl/N-ethyl adjacent to an activating group) is 1. The summed E-state index contributed by atoms with van der Waals surface area (Å²) in [5, 5.41) is 2.86. The Morgan fingerprint density at radius 1 is 1.04 bits per heavy atom. The van der Waals surface area contributed by atoms with Crippen LogP contribution in [0.15, 0.2) is 42.5 Å². The highest BCUT2D eigenvalue weighted by molar-refractivity contribution is 6.07. The molecule has 1 aliphatic heterocycles. The van der Waals surface area contributed by atoms with Crippen LogP contribution in [0.3, 0.4) is 0 Å². The van der Waals surface area contributed by atoms with Gasteiger partial charge in [0.2, 0.25) is 0 Å². The molecule has 2 heterocycles. The Morgan fingerprint density at radius 3 is 2.39 bits per heavy atom. The molecule has 0 saturated carbocycles. The Hall–Kier alpha value is -3.06. The third-order valence-electron chi connectivity index (χ3n) is 5.01. The number of hydrogen-bond donors (Lipinski definition) is 1. The van der Waals surface area contributed by atoms with Gasteiger partial charge in [-0.2, -0.15) is 0 Å². The number of fused-ring (bicyclic) bond motifs is 1. The molecule has 1 saturated heterocycles. The van der Waals surface area contributed by atoms with Crippen LogP contribution < -0.4 is 10.2 Å². The number of nitrogens with one attached hydrogen (secondary N) is 1. The first kappa shape index (κ1) is 18.3. The summed E-state index contributed by atoms with van der Waals surface area (Å²) in [7, 11) is 2.08. The van der Waals surface area contributed by atoms with Gasteiger partial charge in [0.05, 0.1) is 11.0 Å². The number of nitrogens with zero attached hydrogens (tertiary/aromatic N) is 4. The van der Waals surface area contributed by atoms with Crippen LogP contribution in [0.5, 0.6) is 0 Å². The lowest BCUT2D eigenvalue weighted by Crippen LogP contribution is -2.45. The predicted octanol–water partition coefficient (Wildman–Crippen LogP) is 3.08. The van der Waals surface area contributed by atoms with Crippen LogP contribution in [0.25, 0.3) is 11.0 Å². The van der Waals surface area contributed by atoms with Crippen molar-refractivity contribution in [3.63, 3.8) is 0 Å². The second-order valence-electron chi connectivity index (χ2n) is 7.09. The first-order chi connectivity index (χ1) is 13.5. The second-order valence-corrected chi connectivity index (χ2v) is 7.09. The number of halogens is 1. The molecule has 6 nitrogen and oxygen atoms in total. The average molecular weight is 379 g/mol. The van der Waals surface area contributed by atoms with Crippen molar-refractivity contribution in [2.24, 2.45) is 0 Å². The number of aryl methyl sites for hydroxylation is 1. The maximum Gasteiger partial charge on any atom is 0.278 e. The zero-order valence-corrected chi connectivity index (χ0v) is 15.9. The summed E-state index contributed by atoms with van der Waals surface area (Å²) in [5.74, 6) is -0.0925. The van der Waals surface area contributed by atoms with Crippen LogP contribution >= 0.6 is 0 Å². The molecule has 2 aromatic carbocycles. The molecule has 144 valence electrons. The molecule has 1 N–H and O–H groups in total. The summed E-state index contributed by atoms with van der Waals surface area (Å²) in [5.41, 5.74) is 2.92. The van der Waals surface area contributed by atoms with E-state index in [0.29, 0.717) is 22.6 Å². The Kier molecular flexibility index (Phi) is 4.92. The van der Waals surface area contributed by atoms with Crippen molar-refractivity contribution in [1.82, 2.24) is 14.9 Å². The van der Waals surface area contributed by atoms with Gasteiger partial charge in [-0.1, -0.05) is 12.1 Å². The number of anilines is 2. The average Bonchev–Trinajstić information content (AvgIpc) is 2.69. The number of hydrogen-bond acceptors (Lipinski definition) is 5. The molecule has 0 bridgehead atoms. The van der Waals surface area contributed by atoms with E-state index in [0.717, 1.165) is 31.7 Å². The SMILES string of the molecule is Cc1cc(F)ccc1NC(=O)c1nc2ccccc2nc1N1CCN(C)CC1. The topological polar surface area (TPSA) is 61.4 Å². The molecule has 1 amide bonds. The first-order valence-electron chi connectivity index (χ1n) is 9.29. The fourth-order valence-corrected chi connectivity index (χ4v) is 3.33. The van der Waals surface area contributed by atoms with E-state index in [-0.39, 0.29) is 17.4 Å². The molecule has 7 heteroatoms. The molecule has 0 radical (unpaired) electrons. The number of carbonyl (C=O) groups excluding carboxylic acids is 1. The maximum atomic E-state index is 13.4. The van der Waals surface area contributed by atoms with Gasteiger partial charge in [-0.05, 0) is 49.9 Å². The molecule has 4 rings (SSSR count). The molecule has 0 unspecified atom stereocenters. The van der Waals surface area contributed by atoms with Crippen molar-refractivity contribution in [2.75, 3.05) is 43.4 Å². The molecule has 0 atom stereocenters. The minimum atomic E-state index is -0.345. The van der Waals surface area contributed by atoms with Crippen molar-refractivity contribution in [2.45, 2.75) is 6.92 Å². The lowest BCUT2D eigenvalue weighted by atomic mass is 10.2. The summed E-state index contributed by atoms with van der Waals surface area (Å²) in [6, 6.07) is 11.8. The molecule has 0 spiro atoms. The number of carbonyl (C=O) groups is 1. The summed E-state index contributed by atoms with van der Waals surface area (Å²) in [6.45, 7) is 5.10.